The second-order valence-corrected chi connectivity index (χ2v) is 7.21. The first-order valence-electron chi connectivity index (χ1n) is 8.63. The number of carbonyl (C=O) groups is 3. The predicted octanol–water partition coefficient (Wildman–Crippen LogP) is 4.20. The molecule has 0 bridgehead atoms. The number of ketones is 2. The molecule has 0 amide bonds. The number of hydrogen-bond donors (Lipinski definition) is 1. The Morgan fingerprint density at radius 2 is 1.76 bits per heavy atom. The van der Waals surface area contributed by atoms with Gasteiger partial charge in [-0.1, -0.05) is 32.4 Å². The summed E-state index contributed by atoms with van der Waals surface area (Å²) in [5.41, 5.74) is 1.17. The molecule has 5 nitrogen and oxygen atoms in total. The van der Waals surface area contributed by atoms with Gasteiger partial charge in [0.25, 0.3) is 0 Å². The minimum absolute atomic E-state index is 0.0279. The smallest absolute Gasteiger partial charge is 0.311 e. The summed E-state index contributed by atoms with van der Waals surface area (Å²) in [6.07, 6.45) is 3.52. The molecule has 0 aromatic rings. The van der Waals surface area contributed by atoms with Gasteiger partial charge in [0.1, 0.15) is 0 Å². The Kier molecular flexibility index (Phi) is 7.34. The quantitative estimate of drug-likeness (QED) is 0.424. The summed E-state index contributed by atoms with van der Waals surface area (Å²) in [6, 6.07) is 0. The van der Waals surface area contributed by atoms with Crippen LogP contribution in [0.2, 0.25) is 0 Å². The third-order valence-electron chi connectivity index (χ3n) is 4.04. The van der Waals surface area contributed by atoms with Crippen LogP contribution in [0.25, 0.3) is 0 Å². The molecule has 0 spiro atoms. The number of carbonyl (C=O) groups excluding carboxylic acids is 3. The molecular weight excluding hydrogens is 320 g/mol. The molecule has 5 heteroatoms. The maximum Gasteiger partial charge on any atom is 0.311 e. The minimum atomic E-state index is -0.656. The molecule has 0 aromatic carbocycles. The molecule has 0 fully saturated rings. The summed E-state index contributed by atoms with van der Waals surface area (Å²) in [7, 11) is 0. The van der Waals surface area contributed by atoms with E-state index in [1.807, 2.05) is 33.8 Å². The maximum atomic E-state index is 12.7. The van der Waals surface area contributed by atoms with E-state index in [9.17, 15) is 19.5 Å². The molecule has 0 saturated carbocycles. The van der Waals surface area contributed by atoms with Gasteiger partial charge in [0.2, 0.25) is 11.6 Å². The van der Waals surface area contributed by atoms with E-state index in [-0.39, 0.29) is 35.2 Å². The van der Waals surface area contributed by atoms with Gasteiger partial charge in [-0.3, -0.25) is 14.4 Å². The number of hydrogen-bond acceptors (Lipinski definition) is 5. The van der Waals surface area contributed by atoms with Crippen LogP contribution in [0.5, 0.6) is 0 Å². The van der Waals surface area contributed by atoms with Crippen molar-refractivity contribution in [1.29, 1.82) is 0 Å². The van der Waals surface area contributed by atoms with Gasteiger partial charge in [-0.05, 0) is 45.4 Å². The molecule has 0 radical (unpaired) electrons. The Morgan fingerprint density at radius 3 is 2.28 bits per heavy atom. The van der Waals surface area contributed by atoms with E-state index in [1.165, 1.54) is 6.92 Å². The lowest BCUT2D eigenvalue weighted by Gasteiger charge is -2.22. The van der Waals surface area contributed by atoms with Gasteiger partial charge < -0.3 is 9.84 Å². The molecule has 138 valence electrons. The largest absolute Gasteiger partial charge is 0.504 e. The highest BCUT2D eigenvalue weighted by molar-refractivity contribution is 6.23. The van der Waals surface area contributed by atoms with Gasteiger partial charge in [-0.25, -0.2) is 0 Å². The first kappa shape index (κ1) is 20.9. The molecule has 1 aliphatic carbocycles. The monoisotopic (exact) mass is 348 g/mol. The summed E-state index contributed by atoms with van der Waals surface area (Å²) >= 11 is 0. The number of Topliss-reactive ketones (excluding diaryl/α,β-unsaturated/α-hetero) is 2. The lowest BCUT2D eigenvalue weighted by Crippen LogP contribution is -2.28. The Hall–Kier alpha value is -2.17. The average Bonchev–Trinajstić information content (AvgIpc) is 2.48. The van der Waals surface area contributed by atoms with Crippen molar-refractivity contribution in [2.45, 2.75) is 60.8 Å². The topological polar surface area (TPSA) is 80.7 Å². The third-order valence-corrected chi connectivity index (χ3v) is 4.04. The second kappa shape index (κ2) is 8.79. The lowest BCUT2D eigenvalue weighted by molar-refractivity contribution is -0.143. The normalized spacial score (nSPS) is 16.4. The van der Waals surface area contributed by atoms with Crippen molar-refractivity contribution in [1.82, 2.24) is 0 Å². The fourth-order valence-electron chi connectivity index (χ4n) is 2.64. The summed E-state index contributed by atoms with van der Waals surface area (Å²) in [6.45, 7) is 10.9. The van der Waals surface area contributed by atoms with Gasteiger partial charge in [0.15, 0.2) is 11.5 Å². The van der Waals surface area contributed by atoms with E-state index in [2.05, 4.69) is 0 Å². The minimum Gasteiger partial charge on any atom is -0.504 e. The van der Waals surface area contributed by atoms with E-state index < -0.39 is 23.3 Å². The maximum absolute atomic E-state index is 12.7. The molecule has 0 unspecified atom stereocenters. The Bertz CT molecular complexity index is 658. The number of esters is 1. The fourth-order valence-corrected chi connectivity index (χ4v) is 2.64. The van der Waals surface area contributed by atoms with Crippen molar-refractivity contribution in [2.75, 3.05) is 0 Å². The number of aliphatic hydroxyl groups is 1. The highest BCUT2D eigenvalue weighted by Gasteiger charge is 2.37. The van der Waals surface area contributed by atoms with Crippen molar-refractivity contribution in [3.8, 4) is 0 Å². The van der Waals surface area contributed by atoms with Crippen LogP contribution in [0.3, 0.4) is 0 Å². The number of rotatable bonds is 7. The van der Waals surface area contributed by atoms with Gasteiger partial charge >= 0.3 is 5.97 Å². The van der Waals surface area contributed by atoms with Crippen molar-refractivity contribution in [2.24, 2.45) is 11.8 Å². The van der Waals surface area contributed by atoms with Gasteiger partial charge in [0.05, 0.1) is 5.57 Å². The standard InChI is InChI=1S/C20H28O5/c1-11(2)8-7-9-13(5)16-18(23)17(22)14(6)20(19(16)24)25-15(21)10-12(3)4/h8,12-13,23H,7,9-10H2,1-6H3/t13-/m1/s1. The molecule has 0 saturated heterocycles. The summed E-state index contributed by atoms with van der Waals surface area (Å²) < 4.78 is 5.18. The van der Waals surface area contributed by atoms with Crippen LogP contribution in [0.4, 0.5) is 0 Å². The molecule has 1 aliphatic rings. The van der Waals surface area contributed by atoms with Crippen molar-refractivity contribution < 1.29 is 24.2 Å². The molecule has 25 heavy (non-hydrogen) atoms. The Morgan fingerprint density at radius 1 is 1.16 bits per heavy atom. The van der Waals surface area contributed by atoms with Crippen LogP contribution >= 0.6 is 0 Å². The number of aliphatic hydroxyl groups excluding tert-OH is 1. The molecule has 0 heterocycles. The molecule has 1 rings (SSSR count). The van der Waals surface area contributed by atoms with Crippen LogP contribution in [0, 0.1) is 11.8 Å². The molecule has 1 atom stereocenters. The second-order valence-electron chi connectivity index (χ2n) is 7.21. The van der Waals surface area contributed by atoms with Crippen LogP contribution < -0.4 is 0 Å². The van der Waals surface area contributed by atoms with E-state index in [0.717, 1.165) is 12.0 Å². The molecule has 0 aromatic heterocycles. The van der Waals surface area contributed by atoms with Crippen molar-refractivity contribution in [3.63, 3.8) is 0 Å². The predicted molar refractivity (Wildman–Crippen MR) is 95.7 cm³/mol. The summed E-state index contributed by atoms with van der Waals surface area (Å²) in [5, 5.41) is 10.2. The van der Waals surface area contributed by atoms with Crippen LogP contribution in [0.1, 0.15) is 60.8 Å². The van der Waals surface area contributed by atoms with Crippen molar-refractivity contribution in [3.05, 3.63) is 34.3 Å². The molecule has 0 aliphatic heterocycles. The zero-order chi connectivity index (χ0) is 19.3. The van der Waals surface area contributed by atoms with Gasteiger partial charge in [-0.15, -0.1) is 0 Å². The first-order chi connectivity index (χ1) is 11.6. The highest BCUT2D eigenvalue weighted by Crippen LogP contribution is 2.31. The number of allylic oxidation sites excluding steroid dienone is 4. The zero-order valence-electron chi connectivity index (χ0n) is 15.9. The lowest BCUT2D eigenvalue weighted by atomic mass is 9.84. The Balaban J connectivity index is 3.04. The Labute approximate surface area is 149 Å². The van der Waals surface area contributed by atoms with E-state index in [1.54, 1.807) is 6.92 Å². The van der Waals surface area contributed by atoms with E-state index in [4.69, 9.17) is 4.74 Å². The number of ether oxygens (including phenoxy) is 1. The van der Waals surface area contributed by atoms with Crippen molar-refractivity contribution >= 4 is 17.5 Å². The fraction of sp³-hybridized carbons (Fsp3) is 0.550. The molecule has 1 N–H and O–H groups in total. The van der Waals surface area contributed by atoms with Crippen LogP contribution in [-0.4, -0.2) is 22.6 Å². The van der Waals surface area contributed by atoms with Gasteiger partial charge in [0, 0.05) is 12.0 Å². The van der Waals surface area contributed by atoms with Crippen LogP contribution in [-0.2, 0) is 19.1 Å². The summed E-state index contributed by atoms with van der Waals surface area (Å²) in [4.78, 5) is 36.9. The highest BCUT2D eigenvalue weighted by atomic mass is 16.5. The average molecular weight is 348 g/mol. The van der Waals surface area contributed by atoms with Crippen LogP contribution in [0.15, 0.2) is 34.3 Å². The van der Waals surface area contributed by atoms with E-state index in [0.29, 0.717) is 6.42 Å². The van der Waals surface area contributed by atoms with E-state index >= 15 is 0 Å². The third kappa shape index (κ3) is 5.41. The SMILES string of the molecule is CC(C)=CCC[C@@H](C)C1=C(O)C(=O)C(C)=C(OC(=O)CC(C)C)C1=O. The van der Waals surface area contributed by atoms with Gasteiger partial charge in [-0.2, -0.15) is 0 Å². The summed E-state index contributed by atoms with van der Waals surface area (Å²) in [5.74, 6) is -2.81. The first-order valence-corrected chi connectivity index (χ1v) is 8.63. The molecular formula is C20H28O5. The zero-order valence-corrected chi connectivity index (χ0v) is 15.9.